The van der Waals surface area contributed by atoms with E-state index in [0.29, 0.717) is 18.8 Å². The number of nitrogens with one attached hydrogen (secondary N) is 1. The van der Waals surface area contributed by atoms with Crippen molar-refractivity contribution < 1.29 is 17.5 Å². The van der Waals surface area contributed by atoms with E-state index in [1.54, 1.807) is 17.7 Å². The minimum Gasteiger partial charge on any atom is -0.381 e. The lowest BCUT2D eigenvalue weighted by molar-refractivity contribution is -0.0189. The van der Waals surface area contributed by atoms with Gasteiger partial charge in [0, 0.05) is 50.6 Å². The standard InChI is InChI=1S/C19H24ClFN4O3S/c1-24-11-19(22-12-24)29(26,27)25-9-14(18-4-2-3-7-28-18)17(10-25)23-13-5-6-16(21)15(20)8-13/h5-6,8,11-12,14,17-18,23H,2-4,7,9-10H2,1H3. The molecule has 3 unspecified atom stereocenters. The molecule has 4 rings (SSSR count). The first-order valence-electron chi connectivity index (χ1n) is 9.66. The van der Waals surface area contributed by atoms with Crippen LogP contribution in [0.5, 0.6) is 0 Å². The third-order valence-electron chi connectivity index (χ3n) is 5.58. The Bertz CT molecular complexity index is 978. The second kappa shape index (κ2) is 8.22. The zero-order valence-corrected chi connectivity index (χ0v) is 17.7. The van der Waals surface area contributed by atoms with Gasteiger partial charge in [-0.15, -0.1) is 0 Å². The Hall–Kier alpha value is -1.68. The highest BCUT2D eigenvalue weighted by Crippen LogP contribution is 2.33. The number of hydrogen-bond acceptors (Lipinski definition) is 5. The molecule has 2 aliphatic rings. The van der Waals surface area contributed by atoms with Gasteiger partial charge in [-0.25, -0.2) is 17.8 Å². The van der Waals surface area contributed by atoms with Crippen LogP contribution >= 0.6 is 11.6 Å². The van der Waals surface area contributed by atoms with E-state index in [0.717, 1.165) is 19.3 Å². The van der Waals surface area contributed by atoms with Crippen LogP contribution in [-0.2, 0) is 21.8 Å². The third kappa shape index (κ3) is 4.28. The summed E-state index contributed by atoms with van der Waals surface area (Å²) in [5, 5.41) is 3.41. The molecular weight excluding hydrogens is 419 g/mol. The molecule has 158 valence electrons. The molecule has 10 heteroatoms. The van der Waals surface area contributed by atoms with Gasteiger partial charge in [-0.3, -0.25) is 0 Å². The summed E-state index contributed by atoms with van der Waals surface area (Å²) in [6.07, 6.45) is 5.92. The van der Waals surface area contributed by atoms with E-state index in [1.807, 2.05) is 0 Å². The van der Waals surface area contributed by atoms with Crippen molar-refractivity contribution in [3.05, 3.63) is 41.6 Å². The fraction of sp³-hybridized carbons (Fsp3) is 0.526. The summed E-state index contributed by atoms with van der Waals surface area (Å²) in [5.41, 5.74) is 0.652. The van der Waals surface area contributed by atoms with Gasteiger partial charge in [0.05, 0.1) is 17.5 Å². The van der Waals surface area contributed by atoms with Crippen molar-refractivity contribution >= 4 is 27.3 Å². The van der Waals surface area contributed by atoms with Gasteiger partial charge in [0.1, 0.15) is 5.82 Å². The van der Waals surface area contributed by atoms with Gasteiger partial charge in [-0.1, -0.05) is 11.6 Å². The highest BCUT2D eigenvalue weighted by molar-refractivity contribution is 7.89. The molecule has 0 saturated carbocycles. The molecule has 3 heterocycles. The summed E-state index contributed by atoms with van der Waals surface area (Å²) < 4.78 is 48.7. The molecule has 3 atom stereocenters. The summed E-state index contributed by atoms with van der Waals surface area (Å²) >= 11 is 5.91. The zero-order chi connectivity index (χ0) is 20.6. The molecule has 0 aliphatic carbocycles. The molecule has 2 aromatic rings. The van der Waals surface area contributed by atoms with Crippen LogP contribution in [0.4, 0.5) is 10.1 Å². The van der Waals surface area contributed by atoms with Crippen molar-refractivity contribution in [3.63, 3.8) is 0 Å². The summed E-state index contributed by atoms with van der Waals surface area (Å²) in [5.74, 6) is -0.521. The Balaban J connectivity index is 1.59. The molecule has 1 aromatic carbocycles. The quantitative estimate of drug-likeness (QED) is 0.770. The first-order chi connectivity index (χ1) is 13.8. The van der Waals surface area contributed by atoms with Crippen LogP contribution < -0.4 is 5.32 Å². The number of benzene rings is 1. The number of hydrogen-bond donors (Lipinski definition) is 1. The topological polar surface area (TPSA) is 76.5 Å². The Kier molecular flexibility index (Phi) is 5.83. The number of nitrogens with zero attached hydrogens (tertiary/aromatic N) is 3. The predicted octanol–water partition coefficient (Wildman–Crippen LogP) is 2.88. The van der Waals surface area contributed by atoms with E-state index in [4.69, 9.17) is 16.3 Å². The zero-order valence-electron chi connectivity index (χ0n) is 16.1. The van der Waals surface area contributed by atoms with Gasteiger partial charge >= 0.3 is 0 Å². The molecule has 2 saturated heterocycles. The maximum absolute atomic E-state index is 13.5. The van der Waals surface area contributed by atoms with Crippen LogP contribution in [0.25, 0.3) is 0 Å². The molecule has 2 fully saturated rings. The number of halogens is 2. The molecule has 2 aliphatic heterocycles. The number of aromatic nitrogens is 2. The van der Waals surface area contributed by atoms with E-state index in [1.165, 1.54) is 29.0 Å². The van der Waals surface area contributed by atoms with Crippen molar-refractivity contribution in [1.29, 1.82) is 0 Å². The van der Waals surface area contributed by atoms with Gasteiger partial charge in [0.25, 0.3) is 10.0 Å². The van der Waals surface area contributed by atoms with Crippen LogP contribution in [-0.4, -0.2) is 54.1 Å². The molecule has 1 aromatic heterocycles. The molecule has 0 bridgehead atoms. The van der Waals surface area contributed by atoms with Gasteiger partial charge < -0.3 is 14.6 Å². The molecule has 1 N–H and O–H groups in total. The number of aryl methyl sites for hydroxylation is 1. The van der Waals surface area contributed by atoms with Crippen molar-refractivity contribution in [2.45, 2.75) is 36.4 Å². The smallest absolute Gasteiger partial charge is 0.262 e. The second-order valence-corrected chi connectivity index (χ2v) is 9.94. The maximum Gasteiger partial charge on any atom is 0.262 e. The number of anilines is 1. The normalized spacial score (nSPS) is 26.0. The van der Waals surface area contributed by atoms with Gasteiger partial charge in [0.15, 0.2) is 5.03 Å². The van der Waals surface area contributed by atoms with Crippen LogP contribution in [0.15, 0.2) is 35.7 Å². The van der Waals surface area contributed by atoms with Crippen LogP contribution in [0, 0.1) is 11.7 Å². The van der Waals surface area contributed by atoms with Crippen molar-refractivity contribution in [2.24, 2.45) is 13.0 Å². The number of rotatable bonds is 5. The number of ether oxygens (including phenoxy) is 1. The van der Waals surface area contributed by atoms with E-state index in [9.17, 15) is 12.8 Å². The first-order valence-corrected chi connectivity index (χ1v) is 11.5. The monoisotopic (exact) mass is 442 g/mol. The Morgan fingerprint density at radius 1 is 1.31 bits per heavy atom. The minimum atomic E-state index is -3.71. The number of imidazole rings is 1. The highest BCUT2D eigenvalue weighted by Gasteiger charge is 2.44. The lowest BCUT2D eigenvalue weighted by Gasteiger charge is -2.31. The summed E-state index contributed by atoms with van der Waals surface area (Å²) in [6.45, 7) is 1.30. The van der Waals surface area contributed by atoms with Crippen LogP contribution in [0.3, 0.4) is 0 Å². The predicted molar refractivity (Wildman–Crippen MR) is 108 cm³/mol. The second-order valence-electron chi connectivity index (χ2n) is 7.65. The Morgan fingerprint density at radius 2 is 2.14 bits per heavy atom. The maximum atomic E-state index is 13.5. The molecule has 0 spiro atoms. The molecule has 0 radical (unpaired) electrons. The molecule has 7 nitrogen and oxygen atoms in total. The molecular formula is C19H24ClFN4O3S. The summed E-state index contributed by atoms with van der Waals surface area (Å²) in [6, 6.07) is 4.24. The van der Waals surface area contributed by atoms with Gasteiger partial charge in [-0.2, -0.15) is 4.31 Å². The first kappa shape index (κ1) is 20.6. The SMILES string of the molecule is Cn1cnc(S(=O)(=O)N2CC(Nc3ccc(F)c(Cl)c3)C(C3CCCCO3)C2)c1. The lowest BCUT2D eigenvalue weighted by Crippen LogP contribution is -2.39. The van der Waals surface area contributed by atoms with Crippen LogP contribution in [0.2, 0.25) is 5.02 Å². The van der Waals surface area contributed by atoms with Crippen molar-refractivity contribution in [1.82, 2.24) is 13.9 Å². The van der Waals surface area contributed by atoms with Crippen LogP contribution in [0.1, 0.15) is 19.3 Å². The van der Waals surface area contributed by atoms with E-state index < -0.39 is 15.8 Å². The average molecular weight is 443 g/mol. The Morgan fingerprint density at radius 3 is 2.79 bits per heavy atom. The molecule has 0 amide bonds. The minimum absolute atomic E-state index is 0.0245. The summed E-state index contributed by atoms with van der Waals surface area (Å²) in [7, 11) is -1.98. The van der Waals surface area contributed by atoms with E-state index in [-0.39, 0.29) is 34.7 Å². The Labute approximate surface area is 174 Å². The number of sulfonamides is 1. The van der Waals surface area contributed by atoms with Gasteiger partial charge in [-0.05, 0) is 37.5 Å². The highest BCUT2D eigenvalue weighted by atomic mass is 35.5. The molecule has 29 heavy (non-hydrogen) atoms. The van der Waals surface area contributed by atoms with Gasteiger partial charge in [0.2, 0.25) is 0 Å². The lowest BCUT2D eigenvalue weighted by atomic mass is 9.91. The largest absolute Gasteiger partial charge is 0.381 e. The van der Waals surface area contributed by atoms with Crippen molar-refractivity contribution in [2.75, 3.05) is 25.0 Å². The van der Waals surface area contributed by atoms with E-state index >= 15 is 0 Å². The van der Waals surface area contributed by atoms with Crippen molar-refractivity contribution in [3.8, 4) is 0 Å². The fourth-order valence-electron chi connectivity index (χ4n) is 4.07. The van der Waals surface area contributed by atoms with E-state index in [2.05, 4.69) is 10.3 Å². The fourth-order valence-corrected chi connectivity index (χ4v) is 5.73. The average Bonchev–Trinajstić information content (AvgIpc) is 3.33. The third-order valence-corrected chi connectivity index (χ3v) is 7.59. The summed E-state index contributed by atoms with van der Waals surface area (Å²) in [4.78, 5) is 4.02.